The third kappa shape index (κ3) is 5.04. The first-order chi connectivity index (χ1) is 12.5. The second-order valence-electron chi connectivity index (χ2n) is 7.77. The quantitative estimate of drug-likeness (QED) is 0.800. The predicted octanol–water partition coefficient (Wildman–Crippen LogP) is 3.09. The van der Waals surface area contributed by atoms with Crippen LogP contribution in [0.3, 0.4) is 0 Å². The maximum absolute atomic E-state index is 12.3. The Bertz CT molecular complexity index is 637. The Balaban J connectivity index is 1.55. The second kappa shape index (κ2) is 8.95. The van der Waals surface area contributed by atoms with Crippen LogP contribution in [0.5, 0.6) is 0 Å². The fourth-order valence-corrected chi connectivity index (χ4v) is 4.58. The SMILES string of the molecule is CC(C)[C@@H]1CC[C@@H](C)CC1=NNC(=O)Cc1csc(N2CCOCC2)n1. The summed E-state index contributed by atoms with van der Waals surface area (Å²) in [7, 11) is 0. The van der Waals surface area contributed by atoms with Gasteiger partial charge < -0.3 is 9.64 Å². The third-order valence-corrected chi connectivity index (χ3v) is 6.20. The monoisotopic (exact) mass is 378 g/mol. The zero-order valence-electron chi connectivity index (χ0n) is 16.0. The molecule has 1 aromatic heterocycles. The summed E-state index contributed by atoms with van der Waals surface area (Å²) in [5, 5.41) is 7.44. The zero-order chi connectivity index (χ0) is 18.5. The van der Waals surface area contributed by atoms with E-state index in [9.17, 15) is 4.79 Å². The van der Waals surface area contributed by atoms with Crippen molar-refractivity contribution in [2.45, 2.75) is 46.5 Å². The van der Waals surface area contributed by atoms with E-state index in [4.69, 9.17) is 4.74 Å². The average molecular weight is 379 g/mol. The summed E-state index contributed by atoms with van der Waals surface area (Å²) in [4.78, 5) is 19.1. The summed E-state index contributed by atoms with van der Waals surface area (Å²) < 4.78 is 5.37. The molecular formula is C19H30N4O2S. The molecule has 1 aliphatic heterocycles. The Morgan fingerprint density at radius 3 is 2.92 bits per heavy atom. The predicted molar refractivity (Wildman–Crippen MR) is 106 cm³/mol. The van der Waals surface area contributed by atoms with Crippen molar-refractivity contribution in [3.63, 3.8) is 0 Å². The Morgan fingerprint density at radius 2 is 2.19 bits per heavy atom. The Kier molecular flexibility index (Phi) is 6.64. The van der Waals surface area contributed by atoms with Crippen LogP contribution in [0, 0.1) is 17.8 Å². The molecule has 26 heavy (non-hydrogen) atoms. The number of nitrogens with zero attached hydrogens (tertiary/aromatic N) is 3. The highest BCUT2D eigenvalue weighted by molar-refractivity contribution is 7.13. The minimum absolute atomic E-state index is 0.0861. The first kappa shape index (κ1) is 19.3. The number of hydrogen-bond donors (Lipinski definition) is 1. The molecule has 6 nitrogen and oxygen atoms in total. The first-order valence-corrected chi connectivity index (χ1v) is 10.5. The summed E-state index contributed by atoms with van der Waals surface area (Å²) in [5.74, 6) is 1.61. The molecule has 2 aliphatic rings. The van der Waals surface area contributed by atoms with Crippen molar-refractivity contribution < 1.29 is 9.53 Å². The molecule has 0 unspecified atom stereocenters. The van der Waals surface area contributed by atoms with E-state index in [1.807, 2.05) is 5.38 Å². The van der Waals surface area contributed by atoms with E-state index < -0.39 is 0 Å². The lowest BCUT2D eigenvalue weighted by molar-refractivity contribution is -0.120. The van der Waals surface area contributed by atoms with Gasteiger partial charge in [-0.25, -0.2) is 10.4 Å². The minimum Gasteiger partial charge on any atom is -0.378 e. The number of aromatic nitrogens is 1. The van der Waals surface area contributed by atoms with Gasteiger partial charge in [0.2, 0.25) is 5.91 Å². The van der Waals surface area contributed by atoms with E-state index in [2.05, 4.69) is 41.2 Å². The highest BCUT2D eigenvalue weighted by Gasteiger charge is 2.27. The molecule has 1 N–H and O–H groups in total. The molecule has 1 saturated carbocycles. The summed E-state index contributed by atoms with van der Waals surface area (Å²) >= 11 is 1.59. The summed E-state index contributed by atoms with van der Waals surface area (Å²) in [5.41, 5.74) is 4.74. The number of anilines is 1. The van der Waals surface area contributed by atoms with E-state index in [0.717, 1.165) is 49.3 Å². The van der Waals surface area contributed by atoms with Gasteiger partial charge in [0.15, 0.2) is 5.13 Å². The fourth-order valence-electron chi connectivity index (χ4n) is 3.70. The van der Waals surface area contributed by atoms with Crippen molar-refractivity contribution in [2.24, 2.45) is 22.9 Å². The van der Waals surface area contributed by atoms with Crippen LogP contribution in [-0.4, -0.2) is 42.9 Å². The number of rotatable bonds is 5. The van der Waals surface area contributed by atoms with Crippen LogP contribution >= 0.6 is 11.3 Å². The van der Waals surface area contributed by atoms with Crippen LogP contribution in [0.25, 0.3) is 0 Å². The van der Waals surface area contributed by atoms with Crippen LogP contribution in [0.1, 0.15) is 45.7 Å². The van der Waals surface area contributed by atoms with Crippen molar-refractivity contribution in [1.82, 2.24) is 10.4 Å². The number of thiazole rings is 1. The van der Waals surface area contributed by atoms with E-state index in [1.165, 1.54) is 12.8 Å². The average Bonchev–Trinajstić information content (AvgIpc) is 3.09. The Hall–Kier alpha value is -1.47. The molecule has 0 radical (unpaired) electrons. The molecule has 2 atom stereocenters. The van der Waals surface area contributed by atoms with Gasteiger partial charge in [0.05, 0.1) is 25.3 Å². The lowest BCUT2D eigenvalue weighted by Crippen LogP contribution is -2.36. The van der Waals surface area contributed by atoms with Crippen molar-refractivity contribution in [3.05, 3.63) is 11.1 Å². The number of morpholine rings is 1. The zero-order valence-corrected chi connectivity index (χ0v) is 16.8. The van der Waals surface area contributed by atoms with Gasteiger partial charge in [-0.3, -0.25) is 4.79 Å². The van der Waals surface area contributed by atoms with E-state index >= 15 is 0 Å². The largest absolute Gasteiger partial charge is 0.378 e. The molecule has 0 aromatic carbocycles. The molecule has 144 valence electrons. The third-order valence-electron chi connectivity index (χ3n) is 5.25. The highest BCUT2D eigenvalue weighted by atomic mass is 32.1. The Morgan fingerprint density at radius 1 is 1.42 bits per heavy atom. The molecule has 1 saturated heterocycles. The maximum atomic E-state index is 12.3. The van der Waals surface area contributed by atoms with Gasteiger partial charge in [-0.15, -0.1) is 11.3 Å². The van der Waals surface area contributed by atoms with Gasteiger partial charge >= 0.3 is 0 Å². The van der Waals surface area contributed by atoms with Crippen LogP contribution < -0.4 is 10.3 Å². The van der Waals surface area contributed by atoms with Crippen LogP contribution in [0.15, 0.2) is 10.5 Å². The number of nitrogens with one attached hydrogen (secondary N) is 1. The number of hydrogen-bond acceptors (Lipinski definition) is 6. The van der Waals surface area contributed by atoms with E-state index in [1.54, 1.807) is 11.3 Å². The van der Waals surface area contributed by atoms with Crippen molar-refractivity contribution in [1.29, 1.82) is 0 Å². The topological polar surface area (TPSA) is 66.8 Å². The molecule has 1 aromatic rings. The highest BCUT2D eigenvalue weighted by Crippen LogP contribution is 2.31. The van der Waals surface area contributed by atoms with Gasteiger partial charge in [-0.05, 0) is 31.1 Å². The van der Waals surface area contributed by atoms with Crippen LogP contribution in [0.2, 0.25) is 0 Å². The lowest BCUT2D eigenvalue weighted by atomic mass is 9.76. The Labute approximate surface area is 160 Å². The molecular weight excluding hydrogens is 348 g/mol. The maximum Gasteiger partial charge on any atom is 0.246 e. The van der Waals surface area contributed by atoms with E-state index in [0.29, 0.717) is 17.8 Å². The number of ether oxygens (including phenoxy) is 1. The standard InChI is InChI=1S/C19H30N4O2S/c1-13(2)16-5-4-14(3)10-17(16)21-22-18(24)11-15-12-26-19(20-15)23-6-8-25-9-7-23/h12-14,16H,4-11H2,1-3H3,(H,22,24)/t14-,16+/m1/s1. The van der Waals surface area contributed by atoms with Gasteiger partial charge in [0.25, 0.3) is 0 Å². The van der Waals surface area contributed by atoms with Crippen molar-refractivity contribution >= 4 is 28.1 Å². The van der Waals surface area contributed by atoms with Gasteiger partial charge in [-0.2, -0.15) is 5.10 Å². The molecule has 2 heterocycles. The fraction of sp³-hybridized carbons (Fsp3) is 0.737. The normalized spacial score (nSPS) is 25.7. The van der Waals surface area contributed by atoms with Gasteiger partial charge in [0, 0.05) is 30.1 Å². The molecule has 2 fully saturated rings. The number of carbonyl (C=O) groups excluding carboxylic acids is 1. The van der Waals surface area contributed by atoms with Crippen molar-refractivity contribution in [2.75, 3.05) is 31.2 Å². The summed E-state index contributed by atoms with van der Waals surface area (Å²) in [6, 6.07) is 0. The molecule has 1 aliphatic carbocycles. The first-order valence-electron chi connectivity index (χ1n) is 9.65. The lowest BCUT2D eigenvalue weighted by Gasteiger charge is -2.30. The van der Waals surface area contributed by atoms with Crippen LogP contribution in [0.4, 0.5) is 5.13 Å². The van der Waals surface area contributed by atoms with Gasteiger partial charge in [-0.1, -0.05) is 20.8 Å². The van der Waals surface area contributed by atoms with Crippen molar-refractivity contribution in [3.8, 4) is 0 Å². The van der Waals surface area contributed by atoms with E-state index in [-0.39, 0.29) is 12.3 Å². The number of amides is 1. The summed E-state index contributed by atoms with van der Waals surface area (Å²) in [6.07, 6.45) is 3.68. The van der Waals surface area contributed by atoms with Crippen LogP contribution in [-0.2, 0) is 16.0 Å². The smallest absolute Gasteiger partial charge is 0.246 e. The molecule has 0 spiro atoms. The number of carbonyl (C=O) groups is 1. The molecule has 1 amide bonds. The van der Waals surface area contributed by atoms with Gasteiger partial charge in [0.1, 0.15) is 0 Å². The summed E-state index contributed by atoms with van der Waals surface area (Å²) in [6.45, 7) is 9.94. The number of hydrazone groups is 1. The minimum atomic E-state index is -0.0861. The molecule has 3 rings (SSSR count). The second-order valence-corrected chi connectivity index (χ2v) is 8.61. The molecule has 0 bridgehead atoms. The molecule has 7 heteroatoms.